The third kappa shape index (κ3) is 4.21. The van der Waals surface area contributed by atoms with Crippen molar-refractivity contribution in [3.63, 3.8) is 0 Å². The lowest BCUT2D eigenvalue weighted by Crippen LogP contribution is -3.14. The van der Waals surface area contributed by atoms with Crippen LogP contribution in [0.15, 0.2) is 36.4 Å². The van der Waals surface area contributed by atoms with Crippen LogP contribution in [0.3, 0.4) is 0 Å². The van der Waals surface area contributed by atoms with E-state index in [4.69, 9.17) is 15.0 Å². The summed E-state index contributed by atoms with van der Waals surface area (Å²) < 4.78 is 6.58. The standard InChI is InChI=1S/C23H24N4O2S/c1-16-3-4-17(2)21-20(16)25-23(30-21)27(10-9-26-11-13-29-14-12-26)22(28)19-7-5-18(15-24)6-8-19/h3-8H,9-14H2,1-2H3/p+1. The number of aryl methyl sites for hydroxylation is 2. The van der Waals surface area contributed by atoms with E-state index in [0.29, 0.717) is 17.7 Å². The summed E-state index contributed by atoms with van der Waals surface area (Å²) in [7, 11) is 0. The SMILES string of the molecule is Cc1ccc(C)c2sc(N(CC[NH+]3CCOCC3)C(=O)c3ccc(C#N)cc3)nc12. The number of aromatic nitrogens is 1. The minimum atomic E-state index is -0.0819. The topological polar surface area (TPSA) is 70.7 Å². The molecule has 0 atom stereocenters. The van der Waals surface area contributed by atoms with Crippen LogP contribution in [0.25, 0.3) is 10.2 Å². The highest BCUT2D eigenvalue weighted by molar-refractivity contribution is 7.22. The quantitative estimate of drug-likeness (QED) is 0.687. The van der Waals surface area contributed by atoms with Crippen LogP contribution in [0.4, 0.5) is 5.13 Å². The second-order valence-electron chi connectivity index (χ2n) is 7.63. The molecule has 3 aromatic rings. The van der Waals surface area contributed by atoms with Crippen LogP contribution in [0, 0.1) is 25.2 Å². The Hall–Kier alpha value is -2.79. The van der Waals surface area contributed by atoms with Crippen LogP contribution < -0.4 is 9.80 Å². The van der Waals surface area contributed by atoms with Crippen molar-refractivity contribution in [2.75, 3.05) is 44.3 Å². The number of thiazole rings is 1. The fourth-order valence-corrected chi connectivity index (χ4v) is 4.81. The molecule has 6 nitrogen and oxygen atoms in total. The van der Waals surface area contributed by atoms with Crippen molar-refractivity contribution in [2.45, 2.75) is 13.8 Å². The molecule has 0 bridgehead atoms. The molecular formula is C23H25N4O2S+. The van der Waals surface area contributed by atoms with Gasteiger partial charge in [0.25, 0.3) is 5.91 Å². The summed E-state index contributed by atoms with van der Waals surface area (Å²) in [5.41, 5.74) is 4.36. The number of nitrogens with zero attached hydrogens (tertiary/aromatic N) is 3. The van der Waals surface area contributed by atoms with Crippen molar-refractivity contribution in [1.82, 2.24) is 4.98 Å². The van der Waals surface area contributed by atoms with Crippen molar-refractivity contribution in [3.8, 4) is 6.07 Å². The van der Waals surface area contributed by atoms with E-state index in [1.54, 1.807) is 40.5 Å². The number of benzene rings is 2. The third-order valence-electron chi connectivity index (χ3n) is 5.56. The Kier molecular flexibility index (Phi) is 6.09. The van der Waals surface area contributed by atoms with Crippen LogP contribution >= 0.6 is 11.3 Å². The van der Waals surface area contributed by atoms with E-state index < -0.39 is 0 Å². The molecule has 1 aliphatic rings. The van der Waals surface area contributed by atoms with E-state index in [9.17, 15) is 4.79 Å². The number of fused-ring (bicyclic) bond motifs is 1. The molecule has 154 valence electrons. The van der Waals surface area contributed by atoms with Crippen molar-refractivity contribution < 1.29 is 14.4 Å². The molecule has 1 N–H and O–H groups in total. The van der Waals surface area contributed by atoms with Crippen molar-refractivity contribution >= 4 is 32.6 Å². The Morgan fingerprint density at radius 1 is 1.17 bits per heavy atom. The monoisotopic (exact) mass is 421 g/mol. The van der Waals surface area contributed by atoms with Crippen LogP contribution in [-0.2, 0) is 4.74 Å². The molecule has 0 saturated carbocycles. The Morgan fingerprint density at radius 2 is 1.87 bits per heavy atom. The zero-order valence-corrected chi connectivity index (χ0v) is 18.1. The predicted molar refractivity (Wildman–Crippen MR) is 118 cm³/mol. The smallest absolute Gasteiger partial charge is 0.260 e. The summed E-state index contributed by atoms with van der Waals surface area (Å²) >= 11 is 1.57. The van der Waals surface area contributed by atoms with Crippen LogP contribution in [0.5, 0.6) is 0 Å². The van der Waals surface area contributed by atoms with Gasteiger partial charge in [-0.15, -0.1) is 0 Å². The molecule has 1 saturated heterocycles. The number of rotatable bonds is 5. The van der Waals surface area contributed by atoms with Gasteiger partial charge in [-0.3, -0.25) is 9.69 Å². The maximum absolute atomic E-state index is 13.4. The van der Waals surface area contributed by atoms with Crippen molar-refractivity contribution in [2.24, 2.45) is 0 Å². The normalized spacial score (nSPS) is 14.6. The molecule has 7 heteroatoms. The largest absolute Gasteiger partial charge is 0.370 e. The van der Waals surface area contributed by atoms with Gasteiger partial charge in [0.15, 0.2) is 5.13 Å². The zero-order valence-electron chi connectivity index (χ0n) is 17.3. The van der Waals surface area contributed by atoms with Crippen molar-refractivity contribution in [3.05, 3.63) is 58.7 Å². The maximum Gasteiger partial charge on any atom is 0.260 e. The number of hydrogen-bond acceptors (Lipinski definition) is 5. The number of morpholine rings is 1. The molecule has 2 aromatic carbocycles. The molecule has 4 rings (SSSR count). The van der Waals surface area contributed by atoms with Gasteiger partial charge in [0.1, 0.15) is 13.1 Å². The van der Waals surface area contributed by atoms with Gasteiger partial charge in [0, 0.05) is 5.56 Å². The van der Waals surface area contributed by atoms with Gasteiger partial charge in [-0.05, 0) is 49.2 Å². The fourth-order valence-electron chi connectivity index (χ4n) is 3.67. The highest BCUT2D eigenvalue weighted by Crippen LogP contribution is 2.33. The summed E-state index contributed by atoms with van der Waals surface area (Å²) in [6, 6.07) is 13.1. The second kappa shape index (κ2) is 8.92. The Labute approximate surface area is 180 Å². The molecule has 30 heavy (non-hydrogen) atoms. The minimum absolute atomic E-state index is 0.0819. The molecule has 0 radical (unpaired) electrons. The predicted octanol–water partition coefficient (Wildman–Crippen LogP) is 2.35. The lowest BCUT2D eigenvalue weighted by atomic mass is 10.1. The number of anilines is 1. The molecule has 1 aliphatic heterocycles. The van der Waals surface area contributed by atoms with E-state index in [1.807, 2.05) is 0 Å². The Balaban J connectivity index is 1.67. The molecule has 1 fully saturated rings. The molecule has 2 heterocycles. The van der Waals surface area contributed by atoms with Gasteiger partial charge in [-0.1, -0.05) is 23.5 Å². The van der Waals surface area contributed by atoms with Gasteiger partial charge in [-0.2, -0.15) is 5.26 Å². The first-order chi connectivity index (χ1) is 14.6. The van der Waals surface area contributed by atoms with E-state index in [-0.39, 0.29) is 5.91 Å². The number of nitriles is 1. The van der Waals surface area contributed by atoms with E-state index >= 15 is 0 Å². The van der Waals surface area contributed by atoms with Crippen LogP contribution in [0.2, 0.25) is 0 Å². The van der Waals surface area contributed by atoms with Gasteiger partial charge >= 0.3 is 0 Å². The number of nitrogens with one attached hydrogen (secondary N) is 1. The number of amides is 1. The highest BCUT2D eigenvalue weighted by atomic mass is 32.1. The first-order valence-corrected chi connectivity index (χ1v) is 11.0. The van der Waals surface area contributed by atoms with Gasteiger partial charge in [-0.25, -0.2) is 4.98 Å². The first kappa shape index (κ1) is 20.5. The lowest BCUT2D eigenvalue weighted by molar-refractivity contribution is -0.906. The number of quaternary nitrogens is 1. The molecular weight excluding hydrogens is 396 g/mol. The zero-order chi connectivity index (χ0) is 21.1. The number of carbonyl (C=O) groups excluding carboxylic acids is 1. The average molecular weight is 422 g/mol. The van der Waals surface area contributed by atoms with Gasteiger partial charge in [0.05, 0.1) is 48.2 Å². The average Bonchev–Trinajstić information content (AvgIpc) is 3.24. The summed E-state index contributed by atoms with van der Waals surface area (Å²) in [4.78, 5) is 21.5. The summed E-state index contributed by atoms with van der Waals surface area (Å²) in [5.74, 6) is -0.0819. The highest BCUT2D eigenvalue weighted by Gasteiger charge is 2.24. The van der Waals surface area contributed by atoms with Crippen LogP contribution in [0.1, 0.15) is 27.0 Å². The summed E-state index contributed by atoms with van der Waals surface area (Å²) in [6.07, 6.45) is 0. The molecule has 1 amide bonds. The summed E-state index contributed by atoms with van der Waals surface area (Å²) in [6.45, 7) is 9.00. The van der Waals surface area contributed by atoms with Gasteiger partial charge in [0.2, 0.25) is 0 Å². The minimum Gasteiger partial charge on any atom is -0.370 e. The number of ether oxygens (including phenoxy) is 1. The fraction of sp³-hybridized carbons (Fsp3) is 0.348. The summed E-state index contributed by atoms with van der Waals surface area (Å²) in [5, 5.41) is 9.78. The lowest BCUT2D eigenvalue weighted by Gasteiger charge is -2.27. The van der Waals surface area contributed by atoms with E-state index in [2.05, 4.69) is 32.0 Å². The van der Waals surface area contributed by atoms with E-state index in [1.165, 1.54) is 10.5 Å². The van der Waals surface area contributed by atoms with Crippen LogP contribution in [-0.4, -0.2) is 50.3 Å². The molecule has 0 aliphatic carbocycles. The molecule has 0 spiro atoms. The Morgan fingerprint density at radius 3 is 2.53 bits per heavy atom. The number of carbonyl (C=O) groups is 1. The first-order valence-electron chi connectivity index (χ1n) is 10.2. The van der Waals surface area contributed by atoms with Gasteiger partial charge < -0.3 is 9.64 Å². The maximum atomic E-state index is 13.4. The van der Waals surface area contributed by atoms with Crippen molar-refractivity contribution in [1.29, 1.82) is 5.26 Å². The second-order valence-corrected chi connectivity index (χ2v) is 8.61. The molecule has 0 unspecified atom stereocenters. The molecule has 1 aromatic heterocycles. The van der Waals surface area contributed by atoms with E-state index in [0.717, 1.165) is 53.8 Å². The third-order valence-corrected chi connectivity index (χ3v) is 6.77. The Bertz CT molecular complexity index is 1060. The number of hydrogen-bond donors (Lipinski definition) is 1.